The van der Waals surface area contributed by atoms with Crippen molar-refractivity contribution >= 4 is 34.5 Å². The molecule has 0 atom stereocenters. The second-order valence-electron chi connectivity index (χ2n) is 7.85. The number of amides is 1. The lowest BCUT2D eigenvalue weighted by atomic mass is 10.1. The highest BCUT2D eigenvalue weighted by molar-refractivity contribution is 7.99. The largest absolute Gasteiger partial charge is 0.497 e. The van der Waals surface area contributed by atoms with E-state index in [-0.39, 0.29) is 11.9 Å². The molecular weight excluding hydrogens is 452 g/mol. The number of carbonyl (C=O) groups is 1. The van der Waals surface area contributed by atoms with Gasteiger partial charge in [0.2, 0.25) is 0 Å². The molecule has 0 aliphatic heterocycles. The first-order valence-electron chi connectivity index (χ1n) is 11.1. The number of aromatic amines is 1. The summed E-state index contributed by atoms with van der Waals surface area (Å²) < 4.78 is 7.05. The van der Waals surface area contributed by atoms with E-state index in [4.69, 9.17) is 4.74 Å². The third kappa shape index (κ3) is 5.30. The number of anilines is 1. The molecule has 0 aliphatic rings. The number of fused-ring (bicyclic) bond motifs is 1. The monoisotopic (exact) mass is 480 g/mol. The van der Waals surface area contributed by atoms with Crippen LogP contribution in [0.1, 0.15) is 31.3 Å². The predicted octanol–water partition coefficient (Wildman–Crippen LogP) is 3.59. The van der Waals surface area contributed by atoms with E-state index in [1.807, 2.05) is 24.3 Å². The Morgan fingerprint density at radius 1 is 1.26 bits per heavy atom. The Hall–Kier alpha value is -3.60. The number of carbonyl (C=O) groups excluding carboxylic acids is 1. The van der Waals surface area contributed by atoms with Gasteiger partial charge >= 0.3 is 0 Å². The van der Waals surface area contributed by atoms with E-state index in [1.54, 1.807) is 35.8 Å². The minimum absolute atomic E-state index is 0.233. The number of nitrogens with zero attached hydrogens (tertiary/aromatic N) is 5. The van der Waals surface area contributed by atoms with Crippen LogP contribution in [0.5, 0.6) is 5.75 Å². The molecule has 1 amide bonds. The van der Waals surface area contributed by atoms with Crippen molar-refractivity contribution in [2.75, 3.05) is 24.7 Å². The lowest BCUT2D eigenvalue weighted by Crippen LogP contribution is -2.27. The Balaban J connectivity index is 1.44. The van der Waals surface area contributed by atoms with Gasteiger partial charge in [-0.1, -0.05) is 30.8 Å². The summed E-state index contributed by atoms with van der Waals surface area (Å²) in [4.78, 5) is 21.9. The number of H-pyrrole nitrogens is 1. The summed E-state index contributed by atoms with van der Waals surface area (Å²) >= 11 is 1.58. The van der Waals surface area contributed by atoms with E-state index in [1.165, 1.54) is 0 Å². The van der Waals surface area contributed by atoms with Crippen LogP contribution in [-0.2, 0) is 6.54 Å². The van der Waals surface area contributed by atoms with E-state index < -0.39 is 0 Å². The topological polar surface area (TPSA) is 123 Å². The third-order valence-electron chi connectivity index (χ3n) is 4.97. The van der Waals surface area contributed by atoms with Gasteiger partial charge in [0.25, 0.3) is 5.91 Å². The maximum atomic E-state index is 12.6. The fourth-order valence-corrected chi connectivity index (χ4v) is 3.98. The van der Waals surface area contributed by atoms with Crippen molar-refractivity contribution in [2.45, 2.75) is 38.5 Å². The second kappa shape index (κ2) is 10.6. The molecule has 0 unspecified atom stereocenters. The van der Waals surface area contributed by atoms with Crippen molar-refractivity contribution < 1.29 is 9.53 Å². The number of thioether (sulfide) groups is 1. The van der Waals surface area contributed by atoms with Gasteiger partial charge < -0.3 is 15.4 Å². The lowest BCUT2D eigenvalue weighted by Gasteiger charge is -2.11. The van der Waals surface area contributed by atoms with Crippen LogP contribution in [0.15, 0.2) is 41.7 Å². The van der Waals surface area contributed by atoms with Crippen LogP contribution in [0.3, 0.4) is 0 Å². The second-order valence-corrected chi connectivity index (χ2v) is 9.08. The maximum Gasteiger partial charge on any atom is 0.269 e. The number of hydrogen-bond acceptors (Lipinski definition) is 8. The average molecular weight is 481 g/mol. The Morgan fingerprint density at radius 2 is 2.12 bits per heavy atom. The number of benzene rings is 1. The highest BCUT2D eigenvalue weighted by atomic mass is 32.2. The number of ether oxygens (including phenoxy) is 1. The Kier molecular flexibility index (Phi) is 7.31. The summed E-state index contributed by atoms with van der Waals surface area (Å²) in [6.07, 6.45) is 1.76. The van der Waals surface area contributed by atoms with Crippen LogP contribution >= 0.6 is 11.8 Å². The van der Waals surface area contributed by atoms with Gasteiger partial charge in [0.15, 0.2) is 10.8 Å². The SMILES string of the molecule is CCSc1nc(NC(C)C)c2cnn(CCNC(=O)c3cc(-c4cccc(OC)c4)n[nH]3)c2n1. The first-order valence-corrected chi connectivity index (χ1v) is 12.1. The van der Waals surface area contributed by atoms with E-state index in [0.717, 1.165) is 33.9 Å². The first kappa shape index (κ1) is 23.6. The molecule has 178 valence electrons. The van der Waals surface area contributed by atoms with Crippen LogP contribution in [0, 0.1) is 0 Å². The van der Waals surface area contributed by atoms with Crippen LogP contribution in [0.4, 0.5) is 5.82 Å². The zero-order valence-corrected chi connectivity index (χ0v) is 20.4. The average Bonchev–Trinajstić information content (AvgIpc) is 3.47. The summed E-state index contributed by atoms with van der Waals surface area (Å²) in [5, 5.41) is 19.4. The summed E-state index contributed by atoms with van der Waals surface area (Å²) in [7, 11) is 1.61. The fourth-order valence-electron chi connectivity index (χ4n) is 3.41. The number of methoxy groups -OCH3 is 1. The quantitative estimate of drug-likeness (QED) is 0.232. The van der Waals surface area contributed by atoms with Crippen molar-refractivity contribution in [2.24, 2.45) is 0 Å². The van der Waals surface area contributed by atoms with Crippen molar-refractivity contribution in [3.8, 4) is 17.0 Å². The highest BCUT2D eigenvalue weighted by Crippen LogP contribution is 2.25. The molecule has 0 fully saturated rings. The Bertz CT molecular complexity index is 1280. The normalized spacial score (nSPS) is 11.2. The minimum atomic E-state index is -0.239. The molecule has 11 heteroatoms. The molecule has 10 nitrogen and oxygen atoms in total. The van der Waals surface area contributed by atoms with E-state index in [2.05, 4.69) is 56.7 Å². The van der Waals surface area contributed by atoms with Crippen molar-refractivity contribution in [3.63, 3.8) is 0 Å². The molecule has 3 N–H and O–H groups in total. The molecule has 0 saturated carbocycles. The van der Waals surface area contributed by atoms with Crippen LogP contribution in [-0.4, -0.2) is 61.3 Å². The van der Waals surface area contributed by atoms with Gasteiger partial charge in [0.05, 0.1) is 30.9 Å². The fraction of sp³-hybridized carbons (Fsp3) is 0.348. The predicted molar refractivity (Wildman–Crippen MR) is 133 cm³/mol. The van der Waals surface area contributed by atoms with Gasteiger partial charge in [-0.25, -0.2) is 14.6 Å². The zero-order valence-electron chi connectivity index (χ0n) is 19.6. The van der Waals surface area contributed by atoms with Gasteiger partial charge in [-0.2, -0.15) is 10.2 Å². The number of aromatic nitrogens is 6. The van der Waals surface area contributed by atoms with Gasteiger partial charge in [-0.05, 0) is 37.8 Å². The van der Waals surface area contributed by atoms with Gasteiger partial charge in [-0.3, -0.25) is 9.89 Å². The molecular formula is C23H28N8O2S. The minimum Gasteiger partial charge on any atom is -0.497 e. The Morgan fingerprint density at radius 3 is 2.88 bits per heavy atom. The molecule has 34 heavy (non-hydrogen) atoms. The molecule has 4 rings (SSSR count). The first-order chi connectivity index (χ1) is 16.5. The standard InChI is InChI=1S/C23H28N8O2S/c1-5-34-23-27-20(26-14(2)3)17-13-25-31(21(17)28-23)10-9-24-22(32)19-12-18(29-30-19)15-7-6-8-16(11-15)33-4/h6-8,11-14H,5,9-10H2,1-4H3,(H,24,32)(H,29,30)(H,26,27,28). The maximum absolute atomic E-state index is 12.6. The number of hydrogen-bond donors (Lipinski definition) is 3. The molecule has 1 aromatic carbocycles. The van der Waals surface area contributed by atoms with Crippen molar-refractivity contribution in [1.29, 1.82) is 0 Å². The molecule has 0 saturated heterocycles. The van der Waals surface area contributed by atoms with Gasteiger partial charge in [0, 0.05) is 18.2 Å². The van der Waals surface area contributed by atoms with Crippen molar-refractivity contribution in [3.05, 3.63) is 42.2 Å². The van der Waals surface area contributed by atoms with E-state index >= 15 is 0 Å². The van der Waals surface area contributed by atoms with Crippen LogP contribution in [0.25, 0.3) is 22.3 Å². The molecule has 4 aromatic rings. The van der Waals surface area contributed by atoms with E-state index in [0.29, 0.717) is 29.6 Å². The lowest BCUT2D eigenvalue weighted by molar-refractivity contribution is 0.0947. The summed E-state index contributed by atoms with van der Waals surface area (Å²) in [5.41, 5.74) is 2.66. The number of rotatable bonds is 10. The van der Waals surface area contributed by atoms with Crippen LogP contribution in [0.2, 0.25) is 0 Å². The van der Waals surface area contributed by atoms with Gasteiger partial charge in [0.1, 0.15) is 17.3 Å². The molecule has 0 radical (unpaired) electrons. The summed E-state index contributed by atoms with van der Waals surface area (Å²) in [6.45, 7) is 7.05. The molecule has 3 heterocycles. The molecule has 0 spiro atoms. The smallest absolute Gasteiger partial charge is 0.269 e. The van der Waals surface area contributed by atoms with Crippen LogP contribution < -0.4 is 15.4 Å². The third-order valence-corrected chi connectivity index (χ3v) is 5.70. The molecule has 0 aliphatic carbocycles. The molecule has 0 bridgehead atoms. The summed E-state index contributed by atoms with van der Waals surface area (Å²) in [6, 6.07) is 9.48. The molecule has 3 aromatic heterocycles. The number of nitrogens with one attached hydrogen (secondary N) is 3. The van der Waals surface area contributed by atoms with Gasteiger partial charge in [-0.15, -0.1) is 0 Å². The zero-order chi connectivity index (χ0) is 24.1. The highest BCUT2D eigenvalue weighted by Gasteiger charge is 2.15. The summed E-state index contributed by atoms with van der Waals surface area (Å²) in [5.74, 6) is 2.14. The Labute approximate surface area is 201 Å². The van der Waals surface area contributed by atoms with E-state index in [9.17, 15) is 4.79 Å². The van der Waals surface area contributed by atoms with Crippen molar-refractivity contribution in [1.82, 2.24) is 35.3 Å².